The fourth-order valence-corrected chi connectivity index (χ4v) is 2.24. The first kappa shape index (κ1) is 13.4. The second kappa shape index (κ2) is 5.76. The maximum atomic E-state index is 13.5. The monoisotopic (exact) mass is 255 g/mol. The molecule has 1 aliphatic carbocycles. The van der Waals surface area contributed by atoms with Gasteiger partial charge in [-0.05, 0) is 31.9 Å². The summed E-state index contributed by atoms with van der Waals surface area (Å²) in [5, 5.41) is 10.1. The van der Waals surface area contributed by atoms with Crippen molar-refractivity contribution < 1.29 is 13.9 Å². The lowest BCUT2D eigenvalue weighted by Gasteiger charge is -2.24. The van der Waals surface area contributed by atoms with Crippen molar-refractivity contribution in [3.05, 3.63) is 35.4 Å². The molecule has 0 spiro atoms. The Balaban J connectivity index is 2.03. The van der Waals surface area contributed by atoms with Gasteiger partial charge in [-0.2, -0.15) is 0 Å². The highest BCUT2D eigenvalue weighted by Crippen LogP contribution is 2.29. The molecule has 18 heavy (non-hydrogen) atoms. The molecule has 1 unspecified atom stereocenters. The van der Waals surface area contributed by atoms with Crippen LogP contribution in [0.1, 0.15) is 37.9 Å². The Kier molecular flexibility index (Phi) is 4.30. The number of halogens is 2. The van der Waals surface area contributed by atoms with E-state index in [1.807, 2.05) is 0 Å². The highest BCUT2D eigenvalue weighted by molar-refractivity contribution is 5.21. The zero-order chi connectivity index (χ0) is 13.1. The van der Waals surface area contributed by atoms with Crippen molar-refractivity contribution in [3.8, 4) is 0 Å². The van der Waals surface area contributed by atoms with E-state index in [4.69, 9.17) is 0 Å². The molecular formula is C14H19F2NO. The van der Waals surface area contributed by atoms with Gasteiger partial charge >= 0.3 is 0 Å². The lowest BCUT2D eigenvalue weighted by Crippen LogP contribution is -2.31. The number of benzene rings is 1. The van der Waals surface area contributed by atoms with Crippen LogP contribution in [0, 0.1) is 11.6 Å². The number of aliphatic hydroxyl groups is 1. The Morgan fingerprint density at radius 3 is 2.67 bits per heavy atom. The van der Waals surface area contributed by atoms with Crippen molar-refractivity contribution in [3.63, 3.8) is 0 Å². The lowest BCUT2D eigenvalue weighted by atomic mass is 10.1. The first-order chi connectivity index (χ1) is 8.61. The highest BCUT2D eigenvalue weighted by Gasteiger charge is 2.30. The van der Waals surface area contributed by atoms with Crippen LogP contribution in [0.4, 0.5) is 8.78 Å². The zero-order valence-electron chi connectivity index (χ0n) is 10.6. The normalized spacial score (nSPS) is 17.2. The summed E-state index contributed by atoms with van der Waals surface area (Å²) in [6.45, 7) is 3.41. The fourth-order valence-electron chi connectivity index (χ4n) is 2.24. The molecule has 1 atom stereocenters. The second-order valence-electron chi connectivity index (χ2n) is 4.91. The Morgan fingerprint density at radius 1 is 1.39 bits per heavy atom. The molecule has 0 radical (unpaired) electrons. The van der Waals surface area contributed by atoms with E-state index < -0.39 is 17.7 Å². The van der Waals surface area contributed by atoms with Crippen molar-refractivity contribution in [2.24, 2.45) is 0 Å². The Labute approximate surface area is 106 Å². The van der Waals surface area contributed by atoms with Crippen molar-refractivity contribution >= 4 is 0 Å². The van der Waals surface area contributed by atoms with Gasteiger partial charge in [-0.25, -0.2) is 8.78 Å². The van der Waals surface area contributed by atoms with Crippen LogP contribution in [-0.2, 0) is 0 Å². The summed E-state index contributed by atoms with van der Waals surface area (Å²) in [6.07, 6.45) is 2.42. The average molecular weight is 255 g/mol. The van der Waals surface area contributed by atoms with Crippen molar-refractivity contribution in [2.45, 2.75) is 38.3 Å². The minimum Gasteiger partial charge on any atom is -0.387 e. The zero-order valence-corrected chi connectivity index (χ0v) is 10.6. The maximum absolute atomic E-state index is 13.5. The van der Waals surface area contributed by atoms with E-state index >= 15 is 0 Å². The van der Waals surface area contributed by atoms with E-state index in [-0.39, 0.29) is 5.56 Å². The number of hydrogen-bond acceptors (Lipinski definition) is 2. The SMILES string of the molecule is CCCN(CC(O)c1ccc(F)cc1F)C1CC1. The van der Waals surface area contributed by atoms with E-state index in [1.54, 1.807) is 0 Å². The average Bonchev–Trinajstić information content (AvgIpc) is 3.11. The first-order valence-corrected chi connectivity index (χ1v) is 6.49. The first-order valence-electron chi connectivity index (χ1n) is 6.49. The number of nitrogens with zero attached hydrogens (tertiary/aromatic N) is 1. The van der Waals surface area contributed by atoms with Gasteiger partial charge < -0.3 is 5.11 Å². The molecule has 1 fully saturated rings. The van der Waals surface area contributed by atoms with E-state index in [1.165, 1.54) is 12.1 Å². The Morgan fingerprint density at radius 2 is 2.11 bits per heavy atom. The molecule has 2 rings (SSSR count). The maximum Gasteiger partial charge on any atom is 0.131 e. The van der Waals surface area contributed by atoms with Crippen LogP contribution >= 0.6 is 0 Å². The van der Waals surface area contributed by atoms with Crippen LogP contribution in [0.5, 0.6) is 0 Å². The Hall–Kier alpha value is -1.00. The van der Waals surface area contributed by atoms with Gasteiger partial charge in [-0.1, -0.05) is 13.0 Å². The van der Waals surface area contributed by atoms with Gasteiger partial charge in [0.05, 0.1) is 6.10 Å². The summed E-state index contributed by atoms with van der Waals surface area (Å²) in [5.74, 6) is -1.29. The van der Waals surface area contributed by atoms with Crippen molar-refractivity contribution in [1.82, 2.24) is 4.90 Å². The molecule has 1 saturated carbocycles. The molecule has 0 aliphatic heterocycles. The molecular weight excluding hydrogens is 236 g/mol. The molecule has 0 heterocycles. The third kappa shape index (κ3) is 3.27. The van der Waals surface area contributed by atoms with E-state index in [2.05, 4.69) is 11.8 Å². The summed E-state index contributed by atoms with van der Waals surface area (Å²) in [7, 11) is 0. The van der Waals surface area contributed by atoms with Crippen molar-refractivity contribution in [2.75, 3.05) is 13.1 Å². The van der Waals surface area contributed by atoms with Crippen LogP contribution < -0.4 is 0 Å². The Bertz CT molecular complexity index is 407. The highest BCUT2D eigenvalue weighted by atomic mass is 19.1. The predicted octanol–water partition coefficient (Wildman–Crippen LogP) is 2.87. The predicted molar refractivity (Wildman–Crippen MR) is 66.2 cm³/mol. The van der Waals surface area contributed by atoms with Gasteiger partial charge in [0.15, 0.2) is 0 Å². The fraction of sp³-hybridized carbons (Fsp3) is 0.571. The second-order valence-corrected chi connectivity index (χ2v) is 4.91. The van der Waals surface area contributed by atoms with Crippen LogP contribution in [0.25, 0.3) is 0 Å². The molecule has 2 nitrogen and oxygen atoms in total. The van der Waals surface area contributed by atoms with E-state index in [0.717, 1.165) is 31.9 Å². The molecule has 0 saturated heterocycles. The third-order valence-corrected chi connectivity index (χ3v) is 3.30. The van der Waals surface area contributed by atoms with Crippen LogP contribution in [-0.4, -0.2) is 29.1 Å². The number of hydrogen-bond donors (Lipinski definition) is 1. The van der Waals surface area contributed by atoms with Gasteiger partial charge in [-0.15, -0.1) is 0 Å². The molecule has 0 amide bonds. The molecule has 1 aromatic carbocycles. The lowest BCUT2D eigenvalue weighted by molar-refractivity contribution is 0.105. The van der Waals surface area contributed by atoms with Gasteiger partial charge in [0.2, 0.25) is 0 Å². The summed E-state index contributed by atoms with van der Waals surface area (Å²) in [6, 6.07) is 3.86. The van der Waals surface area contributed by atoms with Gasteiger partial charge in [-0.3, -0.25) is 4.90 Å². The van der Waals surface area contributed by atoms with E-state index in [9.17, 15) is 13.9 Å². The quantitative estimate of drug-likeness (QED) is 0.845. The molecule has 100 valence electrons. The van der Waals surface area contributed by atoms with Crippen LogP contribution in [0.2, 0.25) is 0 Å². The van der Waals surface area contributed by atoms with Crippen LogP contribution in [0.3, 0.4) is 0 Å². The molecule has 1 aliphatic rings. The smallest absolute Gasteiger partial charge is 0.131 e. The molecule has 0 bridgehead atoms. The summed E-state index contributed by atoms with van der Waals surface area (Å²) < 4.78 is 26.3. The van der Waals surface area contributed by atoms with Crippen molar-refractivity contribution in [1.29, 1.82) is 0 Å². The number of aliphatic hydroxyl groups excluding tert-OH is 1. The number of rotatable bonds is 6. The summed E-state index contributed by atoms with van der Waals surface area (Å²) in [4.78, 5) is 2.19. The summed E-state index contributed by atoms with van der Waals surface area (Å²) >= 11 is 0. The third-order valence-electron chi connectivity index (χ3n) is 3.30. The molecule has 0 aromatic heterocycles. The molecule has 1 aromatic rings. The topological polar surface area (TPSA) is 23.5 Å². The minimum atomic E-state index is -0.891. The van der Waals surface area contributed by atoms with Crippen LogP contribution in [0.15, 0.2) is 18.2 Å². The van der Waals surface area contributed by atoms with Gasteiger partial charge in [0.25, 0.3) is 0 Å². The molecule has 1 N–H and O–H groups in total. The summed E-state index contributed by atoms with van der Waals surface area (Å²) in [5.41, 5.74) is 0.179. The molecule has 4 heteroatoms. The van der Waals surface area contributed by atoms with E-state index in [0.29, 0.717) is 12.6 Å². The largest absolute Gasteiger partial charge is 0.387 e. The van der Waals surface area contributed by atoms with Gasteiger partial charge in [0.1, 0.15) is 11.6 Å². The standard InChI is InChI=1S/C14H19F2NO/c1-2-7-17(11-4-5-11)9-14(18)12-6-3-10(15)8-13(12)16/h3,6,8,11,14,18H,2,4-5,7,9H2,1H3. The minimum absolute atomic E-state index is 0.179. The van der Waals surface area contributed by atoms with Gasteiger partial charge in [0, 0.05) is 24.2 Å².